The molecule has 0 aliphatic heterocycles. The minimum atomic E-state index is -0.262. The first kappa shape index (κ1) is 18.3. The average Bonchev–Trinajstić information content (AvgIpc) is 2.67. The molecular formula is C21H19BrFNO2. The van der Waals surface area contributed by atoms with Gasteiger partial charge >= 0.3 is 0 Å². The molecule has 0 bridgehead atoms. The molecule has 3 rings (SSSR count). The highest BCUT2D eigenvalue weighted by atomic mass is 79.9. The van der Waals surface area contributed by atoms with Crippen molar-refractivity contribution in [1.82, 2.24) is 0 Å². The second-order valence-electron chi connectivity index (χ2n) is 5.71. The van der Waals surface area contributed by atoms with Crippen molar-refractivity contribution in [2.75, 3.05) is 12.4 Å². The van der Waals surface area contributed by atoms with Gasteiger partial charge in [0.15, 0.2) is 0 Å². The fourth-order valence-corrected chi connectivity index (χ4v) is 2.91. The van der Waals surface area contributed by atoms with Crippen LogP contribution in [0.1, 0.15) is 11.1 Å². The van der Waals surface area contributed by atoms with Crippen molar-refractivity contribution in [3.8, 4) is 11.5 Å². The Bertz CT molecular complexity index is 868. The molecule has 0 aromatic heterocycles. The van der Waals surface area contributed by atoms with Gasteiger partial charge in [0.05, 0.1) is 7.11 Å². The van der Waals surface area contributed by atoms with Gasteiger partial charge in [0.2, 0.25) is 0 Å². The Morgan fingerprint density at radius 3 is 2.46 bits per heavy atom. The number of hydrogen-bond acceptors (Lipinski definition) is 3. The Labute approximate surface area is 160 Å². The molecular weight excluding hydrogens is 397 g/mol. The number of ether oxygens (including phenoxy) is 2. The molecule has 3 aromatic carbocycles. The van der Waals surface area contributed by atoms with E-state index in [2.05, 4.69) is 21.2 Å². The molecule has 0 heterocycles. The van der Waals surface area contributed by atoms with Gasteiger partial charge in [0.25, 0.3) is 0 Å². The second-order valence-corrected chi connectivity index (χ2v) is 6.63. The molecule has 0 amide bonds. The standard InChI is InChI=1S/C21H19BrFNO2/c1-25-19-9-7-18(8-10-19)24-13-16-12-17(22)6-11-21(16)26-14-15-4-2-3-5-20(15)23/h2-12,24H,13-14H2,1H3. The van der Waals surface area contributed by atoms with E-state index in [0.717, 1.165) is 27.2 Å². The molecule has 0 radical (unpaired) electrons. The van der Waals surface area contributed by atoms with Crippen LogP contribution in [0.5, 0.6) is 11.5 Å². The van der Waals surface area contributed by atoms with Gasteiger partial charge in [-0.1, -0.05) is 34.1 Å². The van der Waals surface area contributed by atoms with Crippen LogP contribution in [0.3, 0.4) is 0 Å². The molecule has 0 fully saturated rings. The lowest BCUT2D eigenvalue weighted by atomic mass is 10.2. The number of anilines is 1. The van der Waals surface area contributed by atoms with Crippen molar-refractivity contribution in [2.24, 2.45) is 0 Å². The normalized spacial score (nSPS) is 10.4. The van der Waals surface area contributed by atoms with Crippen LogP contribution < -0.4 is 14.8 Å². The maximum atomic E-state index is 13.8. The Kier molecular flexibility index (Phi) is 6.12. The highest BCUT2D eigenvalue weighted by Crippen LogP contribution is 2.26. The zero-order chi connectivity index (χ0) is 18.4. The van der Waals surface area contributed by atoms with Crippen LogP contribution in [0.15, 0.2) is 71.2 Å². The summed E-state index contributed by atoms with van der Waals surface area (Å²) in [6, 6.07) is 20.1. The highest BCUT2D eigenvalue weighted by molar-refractivity contribution is 9.10. The predicted molar refractivity (Wildman–Crippen MR) is 105 cm³/mol. The van der Waals surface area contributed by atoms with E-state index in [9.17, 15) is 4.39 Å². The monoisotopic (exact) mass is 415 g/mol. The molecule has 0 unspecified atom stereocenters. The van der Waals surface area contributed by atoms with Crippen molar-refractivity contribution < 1.29 is 13.9 Å². The van der Waals surface area contributed by atoms with Gasteiger partial charge in [-0.05, 0) is 48.5 Å². The van der Waals surface area contributed by atoms with Gasteiger partial charge in [-0.2, -0.15) is 0 Å². The SMILES string of the molecule is COc1ccc(NCc2cc(Br)ccc2OCc2ccccc2F)cc1. The van der Waals surface area contributed by atoms with Gasteiger partial charge in [0.1, 0.15) is 23.9 Å². The quantitative estimate of drug-likeness (QED) is 0.529. The third-order valence-electron chi connectivity index (χ3n) is 3.94. The van der Waals surface area contributed by atoms with Crippen LogP contribution in [-0.2, 0) is 13.2 Å². The number of nitrogens with one attached hydrogen (secondary N) is 1. The Morgan fingerprint density at radius 2 is 1.73 bits per heavy atom. The van der Waals surface area contributed by atoms with Gasteiger partial charge in [-0.25, -0.2) is 4.39 Å². The lowest BCUT2D eigenvalue weighted by Gasteiger charge is -2.14. The summed E-state index contributed by atoms with van der Waals surface area (Å²) >= 11 is 3.49. The zero-order valence-corrected chi connectivity index (χ0v) is 15.9. The molecule has 0 spiro atoms. The fraction of sp³-hybridized carbons (Fsp3) is 0.143. The van der Waals surface area contributed by atoms with Gasteiger partial charge in [-0.3, -0.25) is 0 Å². The molecule has 134 valence electrons. The topological polar surface area (TPSA) is 30.5 Å². The van der Waals surface area contributed by atoms with Crippen molar-refractivity contribution in [3.05, 3.63) is 88.1 Å². The first-order chi connectivity index (χ1) is 12.7. The molecule has 3 aromatic rings. The summed E-state index contributed by atoms with van der Waals surface area (Å²) < 4.78 is 25.8. The summed E-state index contributed by atoms with van der Waals surface area (Å²) in [5, 5.41) is 3.36. The first-order valence-electron chi connectivity index (χ1n) is 8.18. The van der Waals surface area contributed by atoms with E-state index in [1.165, 1.54) is 6.07 Å². The summed E-state index contributed by atoms with van der Waals surface area (Å²) in [4.78, 5) is 0. The smallest absolute Gasteiger partial charge is 0.129 e. The highest BCUT2D eigenvalue weighted by Gasteiger charge is 2.07. The minimum Gasteiger partial charge on any atom is -0.497 e. The Hall–Kier alpha value is -2.53. The number of rotatable bonds is 7. The van der Waals surface area contributed by atoms with E-state index >= 15 is 0 Å². The van der Waals surface area contributed by atoms with Crippen LogP contribution in [-0.4, -0.2) is 7.11 Å². The van der Waals surface area contributed by atoms with E-state index in [-0.39, 0.29) is 12.4 Å². The molecule has 3 nitrogen and oxygen atoms in total. The maximum absolute atomic E-state index is 13.8. The third kappa shape index (κ3) is 4.76. The third-order valence-corrected chi connectivity index (χ3v) is 4.43. The van der Waals surface area contributed by atoms with Crippen LogP contribution in [0.25, 0.3) is 0 Å². The summed E-state index contributed by atoms with van der Waals surface area (Å²) in [5.74, 6) is 1.27. The average molecular weight is 416 g/mol. The number of benzene rings is 3. The molecule has 0 saturated heterocycles. The molecule has 0 aliphatic carbocycles. The lowest BCUT2D eigenvalue weighted by molar-refractivity contribution is 0.297. The van der Waals surface area contributed by atoms with E-state index in [0.29, 0.717) is 12.1 Å². The van der Waals surface area contributed by atoms with Gasteiger partial charge in [0, 0.05) is 27.8 Å². The number of halogens is 2. The van der Waals surface area contributed by atoms with Gasteiger partial charge in [-0.15, -0.1) is 0 Å². The Morgan fingerprint density at radius 1 is 0.962 bits per heavy atom. The fourth-order valence-electron chi connectivity index (χ4n) is 2.50. The predicted octanol–water partition coefficient (Wildman–Crippen LogP) is 5.79. The van der Waals surface area contributed by atoms with Crippen LogP contribution in [0, 0.1) is 5.82 Å². The van der Waals surface area contributed by atoms with Crippen molar-refractivity contribution in [1.29, 1.82) is 0 Å². The van der Waals surface area contributed by atoms with E-state index in [1.54, 1.807) is 25.3 Å². The van der Waals surface area contributed by atoms with Crippen LogP contribution in [0.2, 0.25) is 0 Å². The summed E-state index contributed by atoms with van der Waals surface area (Å²) in [7, 11) is 1.64. The van der Waals surface area contributed by atoms with Crippen molar-refractivity contribution in [2.45, 2.75) is 13.2 Å². The minimum absolute atomic E-state index is 0.184. The Balaban J connectivity index is 1.70. The number of methoxy groups -OCH3 is 1. The van der Waals surface area contributed by atoms with E-state index in [1.807, 2.05) is 42.5 Å². The molecule has 0 aliphatic rings. The van der Waals surface area contributed by atoms with Crippen LogP contribution >= 0.6 is 15.9 Å². The molecule has 0 saturated carbocycles. The maximum Gasteiger partial charge on any atom is 0.129 e. The largest absolute Gasteiger partial charge is 0.497 e. The van der Waals surface area contributed by atoms with Gasteiger partial charge < -0.3 is 14.8 Å². The zero-order valence-electron chi connectivity index (χ0n) is 14.3. The van der Waals surface area contributed by atoms with E-state index < -0.39 is 0 Å². The van der Waals surface area contributed by atoms with Crippen LogP contribution in [0.4, 0.5) is 10.1 Å². The lowest BCUT2D eigenvalue weighted by Crippen LogP contribution is -2.04. The van der Waals surface area contributed by atoms with Crippen molar-refractivity contribution >= 4 is 21.6 Å². The molecule has 26 heavy (non-hydrogen) atoms. The summed E-state index contributed by atoms with van der Waals surface area (Å²) in [6.45, 7) is 0.766. The summed E-state index contributed by atoms with van der Waals surface area (Å²) in [6.07, 6.45) is 0. The summed E-state index contributed by atoms with van der Waals surface area (Å²) in [5.41, 5.74) is 2.49. The molecule has 0 atom stereocenters. The second kappa shape index (κ2) is 8.72. The molecule has 5 heteroatoms. The number of hydrogen-bond donors (Lipinski definition) is 1. The van der Waals surface area contributed by atoms with Crippen molar-refractivity contribution in [3.63, 3.8) is 0 Å². The first-order valence-corrected chi connectivity index (χ1v) is 8.97. The van der Waals surface area contributed by atoms with E-state index in [4.69, 9.17) is 9.47 Å². The molecule has 1 N–H and O–H groups in total.